The molecule has 1 aromatic rings. The third kappa shape index (κ3) is 4.51. The van der Waals surface area contributed by atoms with Crippen LogP contribution in [-0.4, -0.2) is 22.6 Å². The van der Waals surface area contributed by atoms with Gasteiger partial charge in [0.05, 0.1) is 6.04 Å². The van der Waals surface area contributed by atoms with E-state index >= 15 is 0 Å². The molecular formula is C22H38N4. The Morgan fingerprint density at radius 3 is 2.38 bits per heavy atom. The van der Waals surface area contributed by atoms with E-state index in [0.717, 1.165) is 30.6 Å². The molecule has 1 unspecified atom stereocenters. The molecule has 4 N–H and O–H groups in total. The van der Waals surface area contributed by atoms with Gasteiger partial charge in [0.15, 0.2) is 0 Å². The van der Waals surface area contributed by atoms with E-state index in [2.05, 4.69) is 21.5 Å². The zero-order valence-corrected chi connectivity index (χ0v) is 16.4. The van der Waals surface area contributed by atoms with Gasteiger partial charge >= 0.3 is 0 Å². The summed E-state index contributed by atoms with van der Waals surface area (Å²) in [6.45, 7) is 1.14. The Morgan fingerprint density at radius 2 is 1.65 bits per heavy atom. The zero-order chi connectivity index (χ0) is 17.8. The summed E-state index contributed by atoms with van der Waals surface area (Å²) < 4.78 is 0. The van der Waals surface area contributed by atoms with E-state index in [-0.39, 0.29) is 6.04 Å². The van der Waals surface area contributed by atoms with E-state index in [1.165, 1.54) is 82.7 Å². The van der Waals surface area contributed by atoms with Gasteiger partial charge in [-0.15, -0.1) is 0 Å². The predicted molar refractivity (Wildman–Crippen MR) is 107 cm³/mol. The van der Waals surface area contributed by atoms with Gasteiger partial charge in [0, 0.05) is 23.9 Å². The lowest BCUT2D eigenvalue weighted by atomic mass is 9.70. The van der Waals surface area contributed by atoms with E-state index in [4.69, 9.17) is 5.73 Å². The van der Waals surface area contributed by atoms with Crippen molar-refractivity contribution in [3.8, 4) is 0 Å². The second kappa shape index (κ2) is 8.88. The maximum atomic E-state index is 6.45. The lowest BCUT2D eigenvalue weighted by molar-refractivity contribution is 0.185. The van der Waals surface area contributed by atoms with E-state index in [0.29, 0.717) is 12.0 Å². The van der Waals surface area contributed by atoms with Gasteiger partial charge in [-0.25, -0.2) is 4.98 Å². The van der Waals surface area contributed by atoms with Crippen molar-refractivity contribution < 1.29 is 0 Å². The number of imidazole rings is 1. The van der Waals surface area contributed by atoms with Crippen LogP contribution in [0, 0.1) is 11.8 Å². The standard InChI is InChI=1S/C22H38N4/c23-20(14-19-8-4-5-13-24-19)22-25-15-21(26-22)18-11-9-17(10-12-18)16-6-2-1-3-7-16/h15-20,24H,1-14,23H2,(H,25,26)/t17?,18?,19?,20-/m0/s1. The lowest BCUT2D eigenvalue weighted by Crippen LogP contribution is -2.36. The van der Waals surface area contributed by atoms with Crippen molar-refractivity contribution in [1.29, 1.82) is 0 Å². The molecule has 3 fully saturated rings. The Hall–Kier alpha value is -0.870. The summed E-state index contributed by atoms with van der Waals surface area (Å²) in [5.74, 6) is 3.70. The Kier molecular flexibility index (Phi) is 6.31. The van der Waals surface area contributed by atoms with Gasteiger partial charge in [0.2, 0.25) is 0 Å². The molecule has 3 aliphatic rings. The molecule has 0 radical (unpaired) electrons. The van der Waals surface area contributed by atoms with Gasteiger partial charge < -0.3 is 16.0 Å². The van der Waals surface area contributed by atoms with Crippen molar-refractivity contribution >= 4 is 0 Å². The summed E-state index contributed by atoms with van der Waals surface area (Å²) in [6, 6.07) is 0.608. The van der Waals surface area contributed by atoms with Crippen LogP contribution in [0.3, 0.4) is 0 Å². The average Bonchev–Trinajstić information content (AvgIpc) is 3.20. The molecule has 2 heterocycles. The summed E-state index contributed by atoms with van der Waals surface area (Å²) in [5.41, 5.74) is 7.80. The number of nitrogens with zero attached hydrogens (tertiary/aromatic N) is 1. The second-order valence-electron chi connectivity index (χ2n) is 9.22. The molecule has 4 heteroatoms. The van der Waals surface area contributed by atoms with Crippen molar-refractivity contribution in [3.05, 3.63) is 17.7 Å². The Labute approximate surface area is 159 Å². The predicted octanol–water partition coefficient (Wildman–Crippen LogP) is 4.80. The fourth-order valence-electron chi connectivity index (χ4n) is 5.80. The minimum atomic E-state index is 0.0397. The SMILES string of the molecule is N[C@@H](CC1CCCCN1)c1ncc(C2CCC(C3CCCCC3)CC2)[nH]1. The molecule has 2 aliphatic carbocycles. The minimum Gasteiger partial charge on any atom is -0.344 e. The molecule has 0 aromatic carbocycles. The lowest BCUT2D eigenvalue weighted by Gasteiger charge is -2.35. The van der Waals surface area contributed by atoms with Gasteiger partial charge in [-0.1, -0.05) is 38.5 Å². The van der Waals surface area contributed by atoms with E-state index in [9.17, 15) is 0 Å². The van der Waals surface area contributed by atoms with Crippen LogP contribution in [0.25, 0.3) is 0 Å². The van der Waals surface area contributed by atoms with Gasteiger partial charge in [-0.2, -0.15) is 0 Å². The van der Waals surface area contributed by atoms with Gasteiger partial charge in [0.1, 0.15) is 5.82 Å². The first-order valence-electron chi connectivity index (χ1n) is 11.3. The number of piperidine rings is 1. The fourth-order valence-corrected chi connectivity index (χ4v) is 5.80. The number of nitrogens with two attached hydrogens (primary N) is 1. The van der Waals surface area contributed by atoms with Crippen LogP contribution in [-0.2, 0) is 0 Å². The highest BCUT2D eigenvalue weighted by Gasteiger charge is 2.30. The van der Waals surface area contributed by atoms with Crippen LogP contribution in [0.1, 0.15) is 107 Å². The minimum absolute atomic E-state index is 0.0397. The fraction of sp³-hybridized carbons (Fsp3) is 0.864. The first-order valence-corrected chi connectivity index (χ1v) is 11.3. The van der Waals surface area contributed by atoms with Crippen LogP contribution < -0.4 is 11.1 Å². The molecule has 0 bridgehead atoms. The van der Waals surface area contributed by atoms with Crippen molar-refractivity contribution in [1.82, 2.24) is 15.3 Å². The molecule has 0 amide bonds. The summed E-state index contributed by atoms with van der Waals surface area (Å²) in [7, 11) is 0. The quantitative estimate of drug-likeness (QED) is 0.708. The number of hydrogen-bond donors (Lipinski definition) is 3. The third-order valence-electron chi connectivity index (χ3n) is 7.45. The monoisotopic (exact) mass is 358 g/mol. The summed E-state index contributed by atoms with van der Waals surface area (Å²) in [6.07, 6.45) is 19.9. The first kappa shape index (κ1) is 18.5. The smallest absolute Gasteiger partial charge is 0.123 e. The molecule has 1 saturated heterocycles. The molecule has 1 aromatic heterocycles. The largest absolute Gasteiger partial charge is 0.344 e. The summed E-state index contributed by atoms with van der Waals surface area (Å²) in [4.78, 5) is 8.26. The van der Waals surface area contributed by atoms with Gasteiger partial charge in [-0.3, -0.25) is 0 Å². The number of hydrogen-bond acceptors (Lipinski definition) is 3. The molecule has 0 spiro atoms. The number of H-pyrrole nitrogens is 1. The zero-order valence-electron chi connectivity index (χ0n) is 16.4. The van der Waals surface area contributed by atoms with E-state index in [1.54, 1.807) is 0 Å². The molecule has 2 atom stereocenters. The van der Waals surface area contributed by atoms with Crippen molar-refractivity contribution in [2.75, 3.05) is 6.54 Å². The topological polar surface area (TPSA) is 66.7 Å². The number of aromatic nitrogens is 2. The molecule has 4 rings (SSSR count). The molecule has 26 heavy (non-hydrogen) atoms. The molecule has 1 aliphatic heterocycles. The molecule has 146 valence electrons. The first-order chi connectivity index (χ1) is 12.8. The Morgan fingerprint density at radius 1 is 0.923 bits per heavy atom. The maximum absolute atomic E-state index is 6.45. The van der Waals surface area contributed by atoms with Crippen LogP contribution in [0.2, 0.25) is 0 Å². The van der Waals surface area contributed by atoms with Gasteiger partial charge in [0.25, 0.3) is 0 Å². The maximum Gasteiger partial charge on any atom is 0.123 e. The number of aromatic amines is 1. The van der Waals surface area contributed by atoms with E-state index < -0.39 is 0 Å². The van der Waals surface area contributed by atoms with Crippen LogP contribution >= 0.6 is 0 Å². The number of rotatable bonds is 5. The summed E-state index contributed by atoms with van der Waals surface area (Å²) in [5, 5.41) is 3.60. The van der Waals surface area contributed by atoms with Gasteiger partial charge in [-0.05, 0) is 63.3 Å². The van der Waals surface area contributed by atoms with Crippen LogP contribution in [0.4, 0.5) is 0 Å². The highest BCUT2D eigenvalue weighted by atomic mass is 15.0. The highest BCUT2D eigenvalue weighted by molar-refractivity contribution is 5.11. The van der Waals surface area contributed by atoms with Crippen LogP contribution in [0.5, 0.6) is 0 Å². The average molecular weight is 359 g/mol. The van der Waals surface area contributed by atoms with Crippen molar-refractivity contribution in [3.63, 3.8) is 0 Å². The third-order valence-corrected chi connectivity index (χ3v) is 7.45. The van der Waals surface area contributed by atoms with Crippen molar-refractivity contribution in [2.45, 2.75) is 101 Å². The van der Waals surface area contributed by atoms with E-state index in [1.807, 2.05) is 0 Å². The Bertz CT molecular complexity index is 534. The van der Waals surface area contributed by atoms with Crippen molar-refractivity contribution in [2.24, 2.45) is 17.6 Å². The molecule has 4 nitrogen and oxygen atoms in total. The number of nitrogens with one attached hydrogen (secondary N) is 2. The second-order valence-corrected chi connectivity index (χ2v) is 9.22. The highest BCUT2D eigenvalue weighted by Crippen LogP contribution is 2.42. The normalized spacial score (nSPS) is 32.4. The molecule has 2 saturated carbocycles. The molecular weight excluding hydrogens is 320 g/mol. The Balaban J connectivity index is 1.27. The van der Waals surface area contributed by atoms with Crippen LogP contribution in [0.15, 0.2) is 6.20 Å². The summed E-state index contributed by atoms with van der Waals surface area (Å²) >= 11 is 0.